The van der Waals surface area contributed by atoms with Crippen LogP contribution in [-0.4, -0.2) is 16.5 Å². The van der Waals surface area contributed by atoms with Gasteiger partial charge in [-0.25, -0.2) is 0 Å². The molecule has 0 unspecified atom stereocenters. The van der Waals surface area contributed by atoms with Crippen LogP contribution < -0.4 is 0 Å². The van der Waals surface area contributed by atoms with Crippen LogP contribution >= 0.6 is 12.6 Å². The summed E-state index contributed by atoms with van der Waals surface area (Å²) in [5.74, 6) is 0. The van der Waals surface area contributed by atoms with Gasteiger partial charge in [0.1, 0.15) is 0 Å². The molecule has 6 heavy (non-hydrogen) atoms. The third-order valence-corrected chi connectivity index (χ3v) is 1.13. The molecule has 0 rings (SSSR count). The molecule has 0 fully saturated rings. The molecule has 0 saturated carbocycles. The van der Waals surface area contributed by atoms with E-state index in [-0.39, 0.29) is 11.4 Å². The van der Waals surface area contributed by atoms with E-state index in [2.05, 4.69) is 12.6 Å². The number of aliphatic hydroxyl groups is 1. The third kappa shape index (κ3) is 2.54. The first kappa shape index (κ1) is 6.31. The van der Waals surface area contributed by atoms with E-state index >= 15 is 0 Å². The lowest BCUT2D eigenvalue weighted by Gasteiger charge is -2.03. The van der Waals surface area contributed by atoms with Gasteiger partial charge < -0.3 is 5.11 Å². The highest BCUT2D eigenvalue weighted by atomic mass is 32.1. The minimum atomic E-state index is -0.284. The molecule has 0 aliphatic carbocycles. The second kappa shape index (κ2) is 2.48. The highest BCUT2D eigenvalue weighted by Gasteiger charge is 1.98. The monoisotopic (exact) mass is 106 g/mol. The average Bonchev–Trinajstić information content (AvgIpc) is 1.36. The minimum Gasteiger partial charge on any atom is -0.392 e. The van der Waals surface area contributed by atoms with Gasteiger partial charge in [-0.1, -0.05) is 6.92 Å². The number of rotatable bonds is 1. The molecule has 0 aliphatic rings. The van der Waals surface area contributed by atoms with Crippen molar-refractivity contribution in [1.82, 2.24) is 0 Å². The van der Waals surface area contributed by atoms with E-state index in [1.165, 1.54) is 0 Å². The molecule has 2 atom stereocenters. The van der Waals surface area contributed by atoms with Gasteiger partial charge in [0.05, 0.1) is 6.10 Å². The average molecular weight is 106 g/mol. The Bertz CT molecular complexity index is 28.5. The van der Waals surface area contributed by atoms with Crippen LogP contribution in [0.25, 0.3) is 0 Å². The van der Waals surface area contributed by atoms with Crippen molar-refractivity contribution in [1.29, 1.82) is 0 Å². The Morgan fingerprint density at radius 3 is 1.67 bits per heavy atom. The molecule has 0 aliphatic heterocycles. The van der Waals surface area contributed by atoms with Crippen molar-refractivity contribution in [3.05, 3.63) is 0 Å². The molecule has 0 aromatic heterocycles. The van der Waals surface area contributed by atoms with E-state index in [4.69, 9.17) is 5.11 Å². The zero-order valence-corrected chi connectivity index (χ0v) is 4.94. The molecule has 0 bridgehead atoms. The Morgan fingerprint density at radius 1 is 1.50 bits per heavy atom. The molecule has 0 saturated heterocycles. The minimum absolute atomic E-state index is 0.102. The number of thiol groups is 1. The Balaban J connectivity index is 2.99. The molecule has 1 nitrogen and oxygen atoms in total. The Hall–Kier alpha value is 0.310. The highest BCUT2D eigenvalue weighted by Crippen LogP contribution is 1.96. The van der Waals surface area contributed by atoms with E-state index in [1.54, 1.807) is 6.92 Å². The molecule has 1 N–H and O–H groups in total. The van der Waals surface area contributed by atoms with Gasteiger partial charge in [-0.15, -0.1) is 0 Å². The predicted octanol–water partition coefficient (Wildman–Crippen LogP) is 0.685. The molecule has 0 aromatic rings. The van der Waals surface area contributed by atoms with Gasteiger partial charge in [-0.05, 0) is 6.92 Å². The molecular weight excluding hydrogens is 96.1 g/mol. The van der Waals surface area contributed by atoms with Gasteiger partial charge in [0.25, 0.3) is 0 Å². The number of hydrogen-bond acceptors (Lipinski definition) is 2. The lowest BCUT2D eigenvalue weighted by atomic mass is 10.3. The number of aliphatic hydroxyl groups excluding tert-OH is 1. The molecule has 0 aromatic carbocycles. The fraction of sp³-hybridized carbons (Fsp3) is 1.00. The van der Waals surface area contributed by atoms with E-state index in [1.807, 2.05) is 6.92 Å². The quantitative estimate of drug-likeness (QED) is 0.471. The van der Waals surface area contributed by atoms with Crippen molar-refractivity contribution in [2.45, 2.75) is 25.2 Å². The van der Waals surface area contributed by atoms with Crippen LogP contribution in [0.2, 0.25) is 0 Å². The normalized spacial score (nSPS) is 20.0. The highest BCUT2D eigenvalue weighted by molar-refractivity contribution is 7.81. The fourth-order valence-electron chi connectivity index (χ4n) is 0. The van der Waals surface area contributed by atoms with Crippen LogP contribution in [0.3, 0.4) is 0 Å². The van der Waals surface area contributed by atoms with Crippen molar-refractivity contribution in [3.8, 4) is 0 Å². The van der Waals surface area contributed by atoms with E-state index in [0.29, 0.717) is 0 Å². The summed E-state index contributed by atoms with van der Waals surface area (Å²) in [6.07, 6.45) is -0.284. The van der Waals surface area contributed by atoms with Gasteiger partial charge in [0, 0.05) is 5.25 Å². The van der Waals surface area contributed by atoms with Crippen molar-refractivity contribution in [2.24, 2.45) is 0 Å². The zero-order chi connectivity index (χ0) is 5.15. The summed E-state index contributed by atoms with van der Waals surface area (Å²) < 4.78 is 0. The summed E-state index contributed by atoms with van der Waals surface area (Å²) in [7, 11) is 0. The number of hydrogen-bond donors (Lipinski definition) is 2. The fourth-order valence-corrected chi connectivity index (χ4v) is 0. The second-order valence-corrected chi connectivity index (χ2v) is 2.30. The standard InChI is InChI=1S/C4H10OS/c1-3(5)4(2)6/h3-6H,1-2H3/t3-,4-/m1/s1. The van der Waals surface area contributed by atoms with E-state index in [0.717, 1.165) is 0 Å². The smallest absolute Gasteiger partial charge is 0.0625 e. The van der Waals surface area contributed by atoms with Crippen LogP contribution in [0.5, 0.6) is 0 Å². The Labute approximate surface area is 43.8 Å². The van der Waals surface area contributed by atoms with Gasteiger partial charge in [0.15, 0.2) is 0 Å². The van der Waals surface area contributed by atoms with Gasteiger partial charge >= 0.3 is 0 Å². The topological polar surface area (TPSA) is 20.2 Å². The molecule has 0 amide bonds. The van der Waals surface area contributed by atoms with Crippen LogP contribution in [0.4, 0.5) is 0 Å². The van der Waals surface area contributed by atoms with Crippen molar-refractivity contribution < 1.29 is 5.11 Å². The first-order chi connectivity index (χ1) is 2.64. The summed E-state index contributed by atoms with van der Waals surface area (Å²) in [5, 5.41) is 8.66. The SMILES string of the molecule is C[C@@H](O)[C@@H](C)S. The molecule has 0 radical (unpaired) electrons. The van der Waals surface area contributed by atoms with Gasteiger partial charge in [-0.2, -0.15) is 12.6 Å². The lowest BCUT2D eigenvalue weighted by molar-refractivity contribution is 0.197. The summed E-state index contributed by atoms with van der Waals surface area (Å²) in [6.45, 7) is 3.57. The Morgan fingerprint density at radius 2 is 1.67 bits per heavy atom. The summed E-state index contributed by atoms with van der Waals surface area (Å²) in [5.41, 5.74) is 0. The summed E-state index contributed by atoms with van der Waals surface area (Å²) >= 11 is 3.94. The molecular formula is C4H10OS. The summed E-state index contributed by atoms with van der Waals surface area (Å²) in [6, 6.07) is 0. The van der Waals surface area contributed by atoms with Crippen molar-refractivity contribution in [2.75, 3.05) is 0 Å². The van der Waals surface area contributed by atoms with Crippen LogP contribution in [0, 0.1) is 0 Å². The van der Waals surface area contributed by atoms with E-state index in [9.17, 15) is 0 Å². The molecule has 0 heterocycles. The maximum atomic E-state index is 8.55. The maximum absolute atomic E-state index is 8.55. The molecule has 2 heteroatoms. The van der Waals surface area contributed by atoms with E-state index < -0.39 is 0 Å². The Kier molecular flexibility index (Phi) is 2.61. The van der Waals surface area contributed by atoms with Crippen molar-refractivity contribution in [3.63, 3.8) is 0 Å². The molecule has 0 spiro atoms. The lowest BCUT2D eigenvalue weighted by Crippen LogP contribution is -2.11. The van der Waals surface area contributed by atoms with Crippen LogP contribution in [0.1, 0.15) is 13.8 Å². The van der Waals surface area contributed by atoms with Gasteiger partial charge in [0.2, 0.25) is 0 Å². The summed E-state index contributed by atoms with van der Waals surface area (Å²) in [4.78, 5) is 0. The first-order valence-corrected chi connectivity index (χ1v) is 2.52. The van der Waals surface area contributed by atoms with Crippen molar-refractivity contribution >= 4 is 12.6 Å². The first-order valence-electron chi connectivity index (χ1n) is 2.00. The van der Waals surface area contributed by atoms with Crippen LogP contribution in [0.15, 0.2) is 0 Å². The zero-order valence-electron chi connectivity index (χ0n) is 4.05. The predicted molar refractivity (Wildman–Crippen MR) is 30.1 cm³/mol. The maximum Gasteiger partial charge on any atom is 0.0625 e. The largest absolute Gasteiger partial charge is 0.392 e. The van der Waals surface area contributed by atoms with Crippen LogP contribution in [-0.2, 0) is 0 Å². The second-order valence-electron chi connectivity index (χ2n) is 1.48. The molecule has 38 valence electrons. The third-order valence-electron chi connectivity index (χ3n) is 0.698. The van der Waals surface area contributed by atoms with Gasteiger partial charge in [-0.3, -0.25) is 0 Å².